The van der Waals surface area contributed by atoms with E-state index in [-0.39, 0.29) is 27.5 Å². The molecule has 0 radical (unpaired) electrons. The lowest BCUT2D eigenvalue weighted by Crippen LogP contribution is -2.44. The van der Waals surface area contributed by atoms with Crippen molar-refractivity contribution in [1.82, 2.24) is 4.31 Å². The van der Waals surface area contributed by atoms with Crippen LogP contribution in [0.2, 0.25) is 5.02 Å². The molecule has 2 N–H and O–H groups in total. The first-order valence-corrected chi connectivity index (χ1v) is 11.5. The number of rotatable bonds is 6. The molecule has 30 heavy (non-hydrogen) atoms. The summed E-state index contributed by atoms with van der Waals surface area (Å²) in [5.74, 6) is -1.13. The van der Waals surface area contributed by atoms with Gasteiger partial charge in [-0.2, -0.15) is 4.31 Å². The Bertz CT molecular complexity index is 1030. The lowest BCUT2D eigenvalue weighted by molar-refractivity contribution is 0.0647. The highest BCUT2D eigenvalue weighted by Gasteiger charge is 2.37. The van der Waals surface area contributed by atoms with Crippen LogP contribution in [-0.2, 0) is 10.0 Å². The number of anilines is 1. The summed E-state index contributed by atoms with van der Waals surface area (Å²) in [6.45, 7) is 2.68. The van der Waals surface area contributed by atoms with Crippen molar-refractivity contribution in [3.8, 4) is 0 Å². The summed E-state index contributed by atoms with van der Waals surface area (Å²) in [5.41, 5.74) is 0.229. The van der Waals surface area contributed by atoms with Crippen LogP contribution >= 0.6 is 11.6 Å². The van der Waals surface area contributed by atoms with Gasteiger partial charge in [0, 0.05) is 30.9 Å². The van der Waals surface area contributed by atoms with Gasteiger partial charge in [0.2, 0.25) is 10.0 Å². The topological polar surface area (TPSA) is 86.7 Å². The normalized spacial score (nSPS) is 16.9. The van der Waals surface area contributed by atoms with Crippen LogP contribution in [-0.4, -0.2) is 43.4 Å². The number of aliphatic hydroxyl groups is 1. The Labute approximate surface area is 180 Å². The maximum atomic E-state index is 13.3. The average molecular weight is 455 g/mol. The van der Waals surface area contributed by atoms with E-state index in [0.717, 1.165) is 12.5 Å². The van der Waals surface area contributed by atoms with Gasteiger partial charge in [-0.3, -0.25) is 4.79 Å². The highest BCUT2D eigenvalue weighted by atomic mass is 35.5. The molecule has 0 aliphatic carbocycles. The predicted octanol–water partition coefficient (Wildman–Crippen LogP) is 3.90. The number of hydrogen-bond acceptors (Lipinski definition) is 4. The fraction of sp³-hybridized carbons (Fsp3) is 0.381. The van der Waals surface area contributed by atoms with Crippen LogP contribution < -0.4 is 5.32 Å². The standard InChI is InChI=1S/C21H24ClFN2O4S/c1-2-21(14-26)8-10-25(11-9-21)30(28,29)17-5-3-4-15(12-17)20(27)24-16-6-7-19(23)18(22)13-16/h3-7,12-13,26H,2,8-11,14H2,1H3,(H,24,27). The molecule has 0 atom stereocenters. The number of benzene rings is 2. The Morgan fingerprint density at radius 1 is 1.23 bits per heavy atom. The SMILES string of the molecule is CCC1(CO)CCN(S(=O)(=O)c2cccc(C(=O)Nc3ccc(F)c(Cl)c3)c2)CC1. The summed E-state index contributed by atoms with van der Waals surface area (Å²) in [7, 11) is -3.77. The van der Waals surface area contributed by atoms with E-state index in [1.807, 2.05) is 6.92 Å². The second-order valence-electron chi connectivity index (χ2n) is 7.53. The molecule has 0 unspecified atom stereocenters. The molecule has 162 valence electrons. The summed E-state index contributed by atoms with van der Waals surface area (Å²) in [5, 5.41) is 12.1. The molecule has 6 nitrogen and oxygen atoms in total. The number of nitrogens with zero attached hydrogens (tertiary/aromatic N) is 1. The summed E-state index contributed by atoms with van der Waals surface area (Å²) in [4.78, 5) is 12.6. The van der Waals surface area contributed by atoms with Gasteiger partial charge < -0.3 is 10.4 Å². The predicted molar refractivity (Wildman–Crippen MR) is 114 cm³/mol. The first-order valence-electron chi connectivity index (χ1n) is 9.68. The van der Waals surface area contributed by atoms with Crippen molar-refractivity contribution in [1.29, 1.82) is 0 Å². The molecule has 0 saturated carbocycles. The Hall–Kier alpha value is -2.00. The van der Waals surface area contributed by atoms with Crippen molar-refractivity contribution in [2.75, 3.05) is 25.0 Å². The first-order chi connectivity index (χ1) is 14.2. The smallest absolute Gasteiger partial charge is 0.255 e. The number of carbonyl (C=O) groups excluding carboxylic acids is 1. The van der Waals surface area contributed by atoms with Crippen LogP contribution in [0.25, 0.3) is 0 Å². The van der Waals surface area contributed by atoms with Gasteiger partial charge in [0.1, 0.15) is 5.82 Å². The van der Waals surface area contributed by atoms with Gasteiger partial charge in [-0.15, -0.1) is 0 Å². The fourth-order valence-corrected chi connectivity index (χ4v) is 5.22. The molecule has 0 aromatic heterocycles. The third kappa shape index (κ3) is 4.67. The number of sulfonamides is 1. The van der Waals surface area contributed by atoms with Crippen LogP contribution in [0.15, 0.2) is 47.4 Å². The van der Waals surface area contributed by atoms with E-state index < -0.39 is 21.7 Å². The average Bonchev–Trinajstić information content (AvgIpc) is 2.76. The number of carbonyl (C=O) groups is 1. The maximum absolute atomic E-state index is 13.3. The van der Waals surface area contributed by atoms with E-state index in [4.69, 9.17) is 11.6 Å². The van der Waals surface area contributed by atoms with Crippen LogP contribution in [0, 0.1) is 11.2 Å². The van der Waals surface area contributed by atoms with Crippen molar-refractivity contribution in [2.24, 2.45) is 5.41 Å². The maximum Gasteiger partial charge on any atom is 0.255 e. The number of hydrogen-bond donors (Lipinski definition) is 2. The highest BCUT2D eigenvalue weighted by molar-refractivity contribution is 7.89. The van der Waals surface area contributed by atoms with E-state index in [2.05, 4.69) is 5.32 Å². The Morgan fingerprint density at radius 3 is 2.53 bits per heavy atom. The zero-order valence-electron chi connectivity index (χ0n) is 16.6. The summed E-state index contributed by atoms with van der Waals surface area (Å²) in [6.07, 6.45) is 1.97. The quantitative estimate of drug-likeness (QED) is 0.693. The second kappa shape index (κ2) is 9.01. The molecule has 1 aliphatic rings. The van der Waals surface area contributed by atoms with Crippen molar-refractivity contribution >= 4 is 33.2 Å². The summed E-state index contributed by atoms with van der Waals surface area (Å²) >= 11 is 5.73. The van der Waals surface area contributed by atoms with Crippen LogP contribution in [0.5, 0.6) is 0 Å². The van der Waals surface area contributed by atoms with E-state index in [0.29, 0.717) is 31.6 Å². The van der Waals surface area contributed by atoms with Gasteiger partial charge in [-0.1, -0.05) is 24.6 Å². The van der Waals surface area contributed by atoms with Gasteiger partial charge in [0.25, 0.3) is 5.91 Å². The van der Waals surface area contributed by atoms with Crippen LogP contribution in [0.1, 0.15) is 36.5 Å². The first kappa shape index (κ1) is 22.7. The Kier molecular flexibility index (Phi) is 6.81. The van der Waals surface area contributed by atoms with Crippen molar-refractivity contribution in [2.45, 2.75) is 31.1 Å². The lowest BCUT2D eigenvalue weighted by Gasteiger charge is -2.39. The van der Waals surface area contributed by atoms with Gasteiger partial charge in [-0.05, 0) is 61.1 Å². The minimum atomic E-state index is -3.77. The van der Waals surface area contributed by atoms with Gasteiger partial charge in [-0.25, -0.2) is 12.8 Å². The Morgan fingerprint density at radius 2 is 1.93 bits per heavy atom. The molecule has 0 spiro atoms. The molecular formula is C21H24ClFN2O4S. The fourth-order valence-electron chi connectivity index (χ4n) is 3.55. The van der Waals surface area contributed by atoms with E-state index in [1.54, 1.807) is 0 Å². The molecule has 1 amide bonds. The molecule has 1 saturated heterocycles. The van der Waals surface area contributed by atoms with E-state index in [9.17, 15) is 22.7 Å². The number of nitrogens with one attached hydrogen (secondary N) is 1. The van der Waals surface area contributed by atoms with Crippen LogP contribution in [0.4, 0.5) is 10.1 Å². The van der Waals surface area contributed by atoms with Gasteiger partial charge >= 0.3 is 0 Å². The van der Waals surface area contributed by atoms with Gasteiger partial charge in [0.05, 0.1) is 9.92 Å². The van der Waals surface area contributed by atoms with E-state index >= 15 is 0 Å². The monoisotopic (exact) mass is 454 g/mol. The van der Waals surface area contributed by atoms with E-state index in [1.165, 1.54) is 40.7 Å². The zero-order valence-corrected chi connectivity index (χ0v) is 18.1. The second-order valence-corrected chi connectivity index (χ2v) is 9.87. The summed E-state index contributed by atoms with van der Waals surface area (Å²) in [6, 6.07) is 9.58. The third-order valence-electron chi connectivity index (χ3n) is 5.78. The molecule has 1 heterocycles. The number of amides is 1. The zero-order chi connectivity index (χ0) is 21.9. The largest absolute Gasteiger partial charge is 0.396 e. The minimum absolute atomic E-state index is 0.0280. The number of aliphatic hydroxyl groups excluding tert-OH is 1. The van der Waals surface area contributed by atoms with Crippen molar-refractivity contribution in [3.63, 3.8) is 0 Å². The molecule has 3 rings (SSSR count). The minimum Gasteiger partial charge on any atom is -0.396 e. The molecule has 0 bridgehead atoms. The van der Waals surface area contributed by atoms with Crippen LogP contribution in [0.3, 0.4) is 0 Å². The highest BCUT2D eigenvalue weighted by Crippen LogP contribution is 2.36. The Balaban J connectivity index is 1.77. The molecule has 1 fully saturated rings. The molecule has 2 aromatic rings. The summed E-state index contributed by atoms with van der Waals surface area (Å²) < 4.78 is 40.8. The molecule has 1 aliphatic heterocycles. The molecular weight excluding hydrogens is 431 g/mol. The number of piperidine rings is 1. The van der Waals surface area contributed by atoms with Crippen molar-refractivity contribution in [3.05, 3.63) is 58.9 Å². The third-order valence-corrected chi connectivity index (χ3v) is 7.96. The van der Waals surface area contributed by atoms with Crippen molar-refractivity contribution < 1.29 is 22.7 Å². The molecule has 9 heteroatoms. The molecule has 2 aromatic carbocycles. The lowest BCUT2D eigenvalue weighted by atomic mass is 9.77. The number of halogens is 2. The van der Waals surface area contributed by atoms with Gasteiger partial charge in [0.15, 0.2) is 0 Å².